The van der Waals surface area contributed by atoms with Crippen LogP contribution in [0.4, 0.5) is 0 Å². The zero-order chi connectivity index (χ0) is 18.2. The quantitative estimate of drug-likeness (QED) is 0.651. The van der Waals surface area contributed by atoms with Crippen molar-refractivity contribution in [1.29, 1.82) is 0 Å². The van der Waals surface area contributed by atoms with Crippen molar-refractivity contribution in [3.05, 3.63) is 64.7 Å². The summed E-state index contributed by atoms with van der Waals surface area (Å²) in [4.78, 5) is 12.2. The van der Waals surface area contributed by atoms with Gasteiger partial charge >= 0.3 is 5.97 Å². The molecule has 25 heavy (non-hydrogen) atoms. The van der Waals surface area contributed by atoms with Gasteiger partial charge in [-0.3, -0.25) is 0 Å². The predicted octanol–water partition coefficient (Wildman–Crippen LogP) is 5.01. The van der Waals surface area contributed by atoms with Gasteiger partial charge in [0.1, 0.15) is 6.61 Å². The third kappa shape index (κ3) is 5.54. The number of methoxy groups -OCH3 is 1. The fourth-order valence-electron chi connectivity index (χ4n) is 2.14. The summed E-state index contributed by atoms with van der Waals surface area (Å²) in [5, 5.41) is 0.305. The van der Waals surface area contributed by atoms with Crippen LogP contribution < -0.4 is 9.47 Å². The molecule has 2 rings (SSSR count). The van der Waals surface area contributed by atoms with E-state index in [1.165, 1.54) is 13.2 Å². The Bertz CT molecular complexity index is 739. The number of rotatable bonds is 7. The molecule has 132 valence electrons. The van der Waals surface area contributed by atoms with E-state index in [0.29, 0.717) is 22.1 Å². The lowest BCUT2D eigenvalue weighted by atomic mass is 10.2. The van der Waals surface area contributed by atoms with Gasteiger partial charge in [0.25, 0.3) is 0 Å². The van der Waals surface area contributed by atoms with Crippen LogP contribution >= 0.6 is 11.6 Å². The fraction of sp³-hybridized carbons (Fsp3) is 0.250. The zero-order valence-electron chi connectivity index (χ0n) is 14.5. The van der Waals surface area contributed by atoms with Gasteiger partial charge in [0.15, 0.2) is 11.5 Å². The molecule has 0 aromatic heterocycles. The van der Waals surface area contributed by atoms with Crippen LogP contribution in [0, 0.1) is 0 Å². The van der Waals surface area contributed by atoms with E-state index in [2.05, 4.69) is 0 Å². The predicted molar refractivity (Wildman–Crippen MR) is 99.5 cm³/mol. The molecule has 0 unspecified atom stereocenters. The molecular weight excluding hydrogens is 340 g/mol. The third-order valence-corrected chi connectivity index (χ3v) is 3.52. The van der Waals surface area contributed by atoms with E-state index >= 15 is 0 Å². The summed E-state index contributed by atoms with van der Waals surface area (Å²) in [6.07, 6.45) is 3.61. The minimum atomic E-state index is -0.478. The Morgan fingerprint density at radius 1 is 1.20 bits per heavy atom. The average Bonchev–Trinajstić information content (AvgIpc) is 2.60. The van der Waals surface area contributed by atoms with Crippen molar-refractivity contribution in [2.45, 2.75) is 20.0 Å². The molecule has 2 aromatic rings. The first-order chi connectivity index (χ1) is 12.0. The van der Waals surface area contributed by atoms with E-state index in [1.807, 2.05) is 50.3 Å². The number of esters is 1. The zero-order valence-corrected chi connectivity index (χ0v) is 15.2. The lowest BCUT2D eigenvalue weighted by molar-refractivity contribution is 0.0549. The van der Waals surface area contributed by atoms with E-state index in [0.717, 1.165) is 5.56 Å². The maximum absolute atomic E-state index is 12.2. The van der Waals surface area contributed by atoms with Gasteiger partial charge in [-0.25, -0.2) is 4.79 Å². The third-order valence-electron chi connectivity index (χ3n) is 3.24. The summed E-state index contributed by atoms with van der Waals surface area (Å²) >= 11 is 6.22. The van der Waals surface area contributed by atoms with Gasteiger partial charge < -0.3 is 14.2 Å². The minimum absolute atomic E-state index is 0.0627. The molecule has 0 fully saturated rings. The summed E-state index contributed by atoms with van der Waals surface area (Å²) in [7, 11) is 1.50. The lowest BCUT2D eigenvalue weighted by Crippen LogP contribution is -2.09. The SMILES string of the molecule is COc1cc(C(=O)OC/C=C/c2ccccc2)cc(Cl)c1OC(C)C. The molecular formula is C20H21ClO4. The molecule has 0 saturated heterocycles. The number of ether oxygens (including phenoxy) is 3. The number of halogens is 1. The Balaban J connectivity index is 2.04. The Labute approximate surface area is 153 Å². The molecule has 0 amide bonds. The first-order valence-corrected chi connectivity index (χ1v) is 8.32. The summed E-state index contributed by atoms with van der Waals surface area (Å²) in [6.45, 7) is 3.94. The maximum atomic E-state index is 12.2. The van der Waals surface area contributed by atoms with Gasteiger partial charge in [-0.05, 0) is 37.6 Å². The van der Waals surface area contributed by atoms with Gasteiger partial charge in [0.05, 0.1) is 23.8 Å². The number of hydrogen-bond donors (Lipinski definition) is 0. The monoisotopic (exact) mass is 360 g/mol. The first-order valence-electron chi connectivity index (χ1n) is 7.94. The second-order valence-electron chi connectivity index (χ2n) is 5.57. The molecule has 0 aliphatic carbocycles. The highest BCUT2D eigenvalue weighted by Gasteiger charge is 2.17. The van der Waals surface area contributed by atoms with Gasteiger partial charge in [0.2, 0.25) is 0 Å². The van der Waals surface area contributed by atoms with Crippen molar-refractivity contribution < 1.29 is 19.0 Å². The van der Waals surface area contributed by atoms with Crippen LogP contribution in [-0.2, 0) is 4.74 Å². The molecule has 0 heterocycles. The summed E-state index contributed by atoms with van der Waals surface area (Å²) in [5.74, 6) is 0.335. The number of carbonyl (C=O) groups excluding carboxylic acids is 1. The van der Waals surface area contributed by atoms with Crippen LogP contribution in [-0.4, -0.2) is 25.8 Å². The Hall–Kier alpha value is -2.46. The van der Waals surface area contributed by atoms with Crippen molar-refractivity contribution >= 4 is 23.6 Å². The molecule has 4 nitrogen and oxygen atoms in total. The highest BCUT2D eigenvalue weighted by molar-refractivity contribution is 6.32. The van der Waals surface area contributed by atoms with Gasteiger partial charge in [-0.1, -0.05) is 48.0 Å². The van der Waals surface area contributed by atoms with Crippen molar-refractivity contribution in [3.63, 3.8) is 0 Å². The summed E-state index contributed by atoms with van der Waals surface area (Å²) in [6, 6.07) is 12.9. The molecule has 0 radical (unpaired) electrons. The lowest BCUT2D eigenvalue weighted by Gasteiger charge is -2.16. The smallest absolute Gasteiger partial charge is 0.338 e. The van der Waals surface area contributed by atoms with Crippen molar-refractivity contribution in [2.24, 2.45) is 0 Å². The van der Waals surface area contributed by atoms with Crippen LogP contribution in [0.1, 0.15) is 29.8 Å². The van der Waals surface area contributed by atoms with Crippen molar-refractivity contribution in [1.82, 2.24) is 0 Å². The van der Waals surface area contributed by atoms with Crippen molar-refractivity contribution in [2.75, 3.05) is 13.7 Å². The van der Waals surface area contributed by atoms with Gasteiger partial charge in [0, 0.05) is 0 Å². The van der Waals surface area contributed by atoms with E-state index in [4.69, 9.17) is 25.8 Å². The molecule has 0 saturated carbocycles. The summed E-state index contributed by atoms with van der Waals surface area (Å²) < 4.78 is 16.1. The van der Waals surface area contributed by atoms with Crippen LogP contribution in [0.15, 0.2) is 48.5 Å². The maximum Gasteiger partial charge on any atom is 0.338 e. The average molecular weight is 361 g/mol. The summed E-state index contributed by atoms with van der Waals surface area (Å²) in [5.41, 5.74) is 1.35. The second kappa shape index (κ2) is 9.14. The highest BCUT2D eigenvalue weighted by Crippen LogP contribution is 2.37. The van der Waals surface area contributed by atoms with Gasteiger partial charge in [-0.15, -0.1) is 0 Å². The van der Waals surface area contributed by atoms with Crippen LogP contribution in [0.5, 0.6) is 11.5 Å². The largest absolute Gasteiger partial charge is 0.493 e. The van der Waals surface area contributed by atoms with Crippen molar-refractivity contribution in [3.8, 4) is 11.5 Å². The number of hydrogen-bond acceptors (Lipinski definition) is 4. The molecule has 2 aromatic carbocycles. The molecule has 0 N–H and O–H groups in total. The Morgan fingerprint density at radius 3 is 2.56 bits per heavy atom. The normalized spacial score (nSPS) is 10.9. The molecule has 0 aliphatic heterocycles. The number of benzene rings is 2. The second-order valence-corrected chi connectivity index (χ2v) is 5.97. The molecule has 0 atom stereocenters. The van der Waals surface area contributed by atoms with E-state index < -0.39 is 5.97 Å². The van der Waals surface area contributed by atoms with E-state index in [-0.39, 0.29) is 12.7 Å². The minimum Gasteiger partial charge on any atom is -0.493 e. The van der Waals surface area contributed by atoms with Crippen LogP contribution in [0.3, 0.4) is 0 Å². The standard InChI is InChI=1S/C20H21ClO4/c1-14(2)25-19-17(21)12-16(13-18(19)23-3)20(22)24-11-7-10-15-8-5-4-6-9-15/h4-10,12-14H,11H2,1-3H3/b10-7+. The molecule has 0 bridgehead atoms. The van der Waals surface area contributed by atoms with E-state index in [9.17, 15) is 4.79 Å². The Morgan fingerprint density at radius 2 is 1.92 bits per heavy atom. The molecule has 0 aliphatic rings. The fourth-order valence-corrected chi connectivity index (χ4v) is 2.40. The molecule has 0 spiro atoms. The van der Waals surface area contributed by atoms with Crippen LogP contribution in [0.25, 0.3) is 6.08 Å². The first kappa shape index (κ1) is 18.9. The van der Waals surface area contributed by atoms with Crippen LogP contribution in [0.2, 0.25) is 5.02 Å². The number of carbonyl (C=O) groups is 1. The Kier molecular flexibility index (Phi) is 6.90. The highest BCUT2D eigenvalue weighted by atomic mass is 35.5. The van der Waals surface area contributed by atoms with Gasteiger partial charge in [-0.2, -0.15) is 0 Å². The van der Waals surface area contributed by atoms with E-state index in [1.54, 1.807) is 12.1 Å². The molecule has 5 heteroatoms. The topological polar surface area (TPSA) is 44.8 Å².